The highest BCUT2D eigenvalue weighted by atomic mass is 16.4. The van der Waals surface area contributed by atoms with E-state index < -0.39 is 18.1 Å². The van der Waals surface area contributed by atoms with E-state index in [1.807, 2.05) is 37.3 Å². The predicted octanol–water partition coefficient (Wildman–Crippen LogP) is -2.77. The van der Waals surface area contributed by atoms with Gasteiger partial charge in [-0.25, -0.2) is 0 Å². The van der Waals surface area contributed by atoms with Crippen LogP contribution in [0.5, 0.6) is 0 Å². The lowest BCUT2D eigenvalue weighted by molar-refractivity contribution is -0.405. The Morgan fingerprint density at radius 2 is 1.81 bits per heavy atom. The summed E-state index contributed by atoms with van der Waals surface area (Å²) >= 11 is 0. The molecule has 0 unspecified atom stereocenters. The monoisotopic (exact) mass is 300 g/mol. The van der Waals surface area contributed by atoms with Gasteiger partial charge < -0.3 is 31.9 Å². The summed E-state index contributed by atoms with van der Waals surface area (Å²) in [5.74, 6) is -1.62. The fourth-order valence-electron chi connectivity index (χ4n) is 1.81. The number of carboxylic acid groups (broad SMARTS) is 1. The van der Waals surface area contributed by atoms with Crippen LogP contribution < -0.4 is 16.2 Å². The minimum atomic E-state index is -1.28. The molecule has 1 amide bonds. The van der Waals surface area contributed by atoms with Gasteiger partial charge in [-0.3, -0.25) is 4.79 Å². The maximum Gasteiger partial charge on any atom is 0.278 e. The summed E-state index contributed by atoms with van der Waals surface area (Å²) in [4.78, 5) is 22.8. The van der Waals surface area contributed by atoms with Crippen LogP contribution in [0.2, 0.25) is 0 Å². The third-order valence-electron chi connectivity index (χ3n) is 2.89. The Morgan fingerprint density at radius 3 is 2.29 bits per heavy atom. The molecular weight excluding hydrogens is 276 g/mol. The van der Waals surface area contributed by atoms with E-state index in [1.165, 1.54) is 0 Å². The molecule has 0 bridgehead atoms. The number of quaternary nitrogens is 1. The maximum absolute atomic E-state index is 11.8. The minimum Gasteiger partial charge on any atom is -0.548 e. The van der Waals surface area contributed by atoms with E-state index in [1.54, 1.807) is 0 Å². The van der Waals surface area contributed by atoms with Crippen molar-refractivity contribution in [3.63, 3.8) is 0 Å². The van der Waals surface area contributed by atoms with Crippen LogP contribution in [0, 0.1) is 0 Å². The van der Waals surface area contributed by atoms with Crippen molar-refractivity contribution in [2.75, 3.05) is 0 Å². The molecule has 1 rings (SSSR count). The molecule has 21 heavy (non-hydrogen) atoms. The summed E-state index contributed by atoms with van der Waals surface area (Å²) in [6, 6.07) is 7.68. The molecule has 0 aliphatic carbocycles. The second kappa shape index (κ2) is 10.8. The van der Waals surface area contributed by atoms with Gasteiger partial charge in [-0.1, -0.05) is 37.3 Å². The molecule has 2 atom stereocenters. The van der Waals surface area contributed by atoms with E-state index >= 15 is 0 Å². The van der Waals surface area contributed by atoms with Crippen molar-refractivity contribution in [3.05, 3.63) is 35.9 Å². The first kappa shape index (κ1) is 21.3. The number of carbonyl (C=O) groups excluding carboxylic acids is 2. The van der Waals surface area contributed by atoms with Gasteiger partial charge in [0.15, 0.2) is 6.04 Å². The smallest absolute Gasteiger partial charge is 0.278 e. The molecule has 0 aliphatic heterocycles. The lowest BCUT2D eigenvalue weighted by Crippen LogP contribution is -2.69. The van der Waals surface area contributed by atoms with Gasteiger partial charge in [0.05, 0.1) is 12.0 Å². The number of benzene rings is 1. The van der Waals surface area contributed by atoms with E-state index in [-0.39, 0.29) is 23.3 Å². The van der Waals surface area contributed by atoms with Gasteiger partial charge in [-0.2, -0.15) is 0 Å². The third-order valence-corrected chi connectivity index (χ3v) is 2.89. The standard InChI is InChI=1S/C14H20N2O3.2H2O/c1-2-6-11(15)13(17)16-12(14(18)19)9-10-7-4-3-5-8-10;;/h3-5,7-8,11-12H,2,6,9,15H2,1H3,(H,16,17)(H,18,19);2*1H2/t11-,12-;;/m0../s1. The summed E-state index contributed by atoms with van der Waals surface area (Å²) in [5.41, 5.74) is 4.56. The largest absolute Gasteiger partial charge is 0.548 e. The zero-order valence-corrected chi connectivity index (χ0v) is 12.1. The van der Waals surface area contributed by atoms with Gasteiger partial charge in [-0.15, -0.1) is 0 Å². The molecular formula is C14H24N2O5. The Labute approximate surface area is 123 Å². The highest BCUT2D eigenvalue weighted by molar-refractivity contribution is 5.85. The van der Waals surface area contributed by atoms with Crippen molar-refractivity contribution in [2.45, 2.75) is 38.3 Å². The summed E-state index contributed by atoms with van der Waals surface area (Å²) in [6.45, 7) is 1.95. The van der Waals surface area contributed by atoms with Crippen molar-refractivity contribution < 1.29 is 31.4 Å². The fourth-order valence-corrected chi connectivity index (χ4v) is 1.81. The molecule has 0 aliphatic rings. The van der Waals surface area contributed by atoms with E-state index in [0.29, 0.717) is 6.42 Å². The Kier molecular flexibility index (Phi) is 11.0. The number of hydrogen-bond donors (Lipinski definition) is 2. The zero-order chi connectivity index (χ0) is 14.3. The fraction of sp³-hybridized carbons (Fsp3) is 0.429. The number of hydrogen-bond acceptors (Lipinski definition) is 3. The topological polar surface area (TPSA) is 160 Å². The highest BCUT2D eigenvalue weighted by Gasteiger charge is 2.20. The summed E-state index contributed by atoms with van der Waals surface area (Å²) in [5, 5.41) is 13.6. The van der Waals surface area contributed by atoms with Crippen LogP contribution in [0.25, 0.3) is 0 Å². The number of rotatable bonds is 7. The average molecular weight is 300 g/mol. The molecule has 7 nitrogen and oxygen atoms in total. The molecule has 0 saturated heterocycles. The molecule has 1 aromatic rings. The van der Waals surface area contributed by atoms with E-state index in [2.05, 4.69) is 11.1 Å². The van der Waals surface area contributed by atoms with E-state index in [0.717, 1.165) is 12.0 Å². The van der Waals surface area contributed by atoms with Crippen LogP contribution in [0.3, 0.4) is 0 Å². The SMILES string of the molecule is CCC[C@H]([NH3+])C(=O)N[C@@H](Cc1ccccc1)C(=O)[O-].O.O. The van der Waals surface area contributed by atoms with Crippen molar-refractivity contribution in [2.24, 2.45) is 0 Å². The summed E-state index contributed by atoms with van der Waals surface area (Å²) in [6.07, 6.45) is 1.68. The summed E-state index contributed by atoms with van der Waals surface area (Å²) in [7, 11) is 0. The highest BCUT2D eigenvalue weighted by Crippen LogP contribution is 2.03. The Balaban J connectivity index is 0. The van der Waals surface area contributed by atoms with Crippen molar-refractivity contribution >= 4 is 11.9 Å². The van der Waals surface area contributed by atoms with Crippen molar-refractivity contribution in [1.29, 1.82) is 0 Å². The Hall–Kier alpha value is -1.96. The van der Waals surface area contributed by atoms with Crippen LogP contribution in [0.1, 0.15) is 25.3 Å². The van der Waals surface area contributed by atoms with Gasteiger partial charge >= 0.3 is 0 Å². The van der Waals surface area contributed by atoms with Crippen LogP contribution in [0.4, 0.5) is 0 Å². The number of amides is 1. The summed E-state index contributed by atoms with van der Waals surface area (Å²) < 4.78 is 0. The quantitative estimate of drug-likeness (QED) is 0.558. The number of carbonyl (C=O) groups is 2. The number of nitrogens with one attached hydrogen (secondary N) is 1. The van der Waals surface area contributed by atoms with Gasteiger partial charge in [-0.05, 0) is 18.4 Å². The first-order valence-electron chi connectivity index (χ1n) is 6.42. The lowest BCUT2D eigenvalue weighted by atomic mass is 10.1. The molecule has 0 aromatic heterocycles. The molecule has 0 heterocycles. The van der Waals surface area contributed by atoms with Gasteiger partial charge in [0, 0.05) is 6.42 Å². The second-order valence-corrected chi connectivity index (χ2v) is 4.56. The third kappa shape index (κ3) is 7.40. The molecule has 7 heteroatoms. The average Bonchev–Trinajstić information content (AvgIpc) is 2.39. The number of carboxylic acids is 1. The molecule has 120 valence electrons. The molecule has 0 fully saturated rings. The zero-order valence-electron chi connectivity index (χ0n) is 12.1. The molecule has 0 spiro atoms. The van der Waals surface area contributed by atoms with Gasteiger partial charge in [0.25, 0.3) is 5.91 Å². The molecule has 1 aromatic carbocycles. The van der Waals surface area contributed by atoms with Gasteiger partial charge in [0.2, 0.25) is 0 Å². The minimum absolute atomic E-state index is 0. The van der Waals surface area contributed by atoms with Crippen LogP contribution in [-0.2, 0) is 16.0 Å². The van der Waals surface area contributed by atoms with Gasteiger partial charge in [0.1, 0.15) is 0 Å². The van der Waals surface area contributed by atoms with Crippen molar-refractivity contribution in [3.8, 4) is 0 Å². The molecule has 0 radical (unpaired) electrons. The molecule has 0 saturated carbocycles. The van der Waals surface area contributed by atoms with Crippen LogP contribution in [0.15, 0.2) is 30.3 Å². The van der Waals surface area contributed by atoms with Crippen LogP contribution in [-0.4, -0.2) is 34.9 Å². The Bertz CT molecular complexity index is 425. The maximum atomic E-state index is 11.8. The first-order valence-corrected chi connectivity index (χ1v) is 6.42. The van der Waals surface area contributed by atoms with E-state index in [4.69, 9.17) is 0 Å². The lowest BCUT2D eigenvalue weighted by Gasteiger charge is -2.20. The normalized spacial score (nSPS) is 12.3. The first-order chi connectivity index (χ1) is 9.04. The van der Waals surface area contributed by atoms with E-state index in [9.17, 15) is 14.7 Å². The second-order valence-electron chi connectivity index (χ2n) is 4.56. The number of aliphatic carboxylic acids is 1. The Morgan fingerprint density at radius 1 is 1.24 bits per heavy atom. The molecule has 8 N–H and O–H groups in total. The predicted molar refractivity (Wildman–Crippen MR) is 75.9 cm³/mol. The van der Waals surface area contributed by atoms with Crippen LogP contribution >= 0.6 is 0 Å². The van der Waals surface area contributed by atoms with Crippen molar-refractivity contribution in [1.82, 2.24) is 5.32 Å².